The summed E-state index contributed by atoms with van der Waals surface area (Å²) in [6.07, 6.45) is 12.2. The van der Waals surface area contributed by atoms with Gasteiger partial charge >= 0.3 is 0 Å². The topological polar surface area (TPSA) is 64.9 Å². The highest BCUT2D eigenvalue weighted by molar-refractivity contribution is 5.85. The number of hydrogen-bond donors (Lipinski definition) is 1. The van der Waals surface area contributed by atoms with Crippen molar-refractivity contribution < 1.29 is 4.52 Å². The van der Waals surface area contributed by atoms with Crippen molar-refractivity contribution in [2.45, 2.75) is 76.7 Å². The summed E-state index contributed by atoms with van der Waals surface area (Å²) in [5, 5.41) is 4.16. The summed E-state index contributed by atoms with van der Waals surface area (Å²) in [6, 6.07) is 0. The predicted molar refractivity (Wildman–Crippen MR) is 85.3 cm³/mol. The zero-order valence-corrected chi connectivity index (χ0v) is 13.8. The normalized spacial score (nSPS) is 23.7. The summed E-state index contributed by atoms with van der Waals surface area (Å²) in [7, 11) is 0. The van der Waals surface area contributed by atoms with Gasteiger partial charge < -0.3 is 10.3 Å². The molecule has 1 unspecified atom stereocenters. The van der Waals surface area contributed by atoms with Gasteiger partial charge in [-0.15, -0.1) is 12.4 Å². The maximum atomic E-state index is 6.38. The Balaban J connectivity index is 0.00000161. The second kappa shape index (κ2) is 7.10. The van der Waals surface area contributed by atoms with Crippen molar-refractivity contribution in [3.8, 4) is 0 Å². The number of aromatic nitrogens is 2. The van der Waals surface area contributed by atoms with Crippen LogP contribution in [0.5, 0.6) is 0 Å². The molecule has 0 amide bonds. The Bertz CT molecular complexity index is 436. The summed E-state index contributed by atoms with van der Waals surface area (Å²) < 4.78 is 5.46. The van der Waals surface area contributed by atoms with Crippen LogP contribution in [0.2, 0.25) is 0 Å². The Morgan fingerprint density at radius 1 is 1.19 bits per heavy atom. The van der Waals surface area contributed by atoms with Crippen molar-refractivity contribution in [2.24, 2.45) is 17.6 Å². The lowest BCUT2D eigenvalue weighted by molar-refractivity contribution is 0.243. The van der Waals surface area contributed by atoms with Gasteiger partial charge in [-0.1, -0.05) is 57.0 Å². The minimum Gasteiger partial charge on any atom is -0.339 e. The molecule has 0 spiro atoms. The van der Waals surface area contributed by atoms with Crippen LogP contribution < -0.4 is 5.73 Å². The molecule has 0 aliphatic heterocycles. The van der Waals surface area contributed by atoms with Gasteiger partial charge in [-0.2, -0.15) is 4.98 Å². The van der Waals surface area contributed by atoms with Gasteiger partial charge in [0.1, 0.15) is 0 Å². The summed E-state index contributed by atoms with van der Waals surface area (Å²) in [6.45, 7) is 2.33. The molecule has 1 aromatic rings. The predicted octanol–water partition coefficient (Wildman–Crippen LogP) is 3.98. The Hall–Kier alpha value is -0.610. The lowest BCUT2D eigenvalue weighted by Gasteiger charge is -2.26. The van der Waals surface area contributed by atoms with Crippen LogP contribution in [0.1, 0.15) is 76.4 Å². The van der Waals surface area contributed by atoms with E-state index in [1.54, 1.807) is 0 Å². The zero-order valence-electron chi connectivity index (χ0n) is 13.0. The van der Waals surface area contributed by atoms with Crippen LogP contribution in [0.25, 0.3) is 0 Å². The average molecular weight is 314 g/mol. The molecule has 3 rings (SSSR count). The van der Waals surface area contributed by atoms with E-state index in [-0.39, 0.29) is 17.9 Å². The van der Waals surface area contributed by atoms with Crippen LogP contribution in [0.4, 0.5) is 0 Å². The molecule has 5 heteroatoms. The Morgan fingerprint density at radius 2 is 1.86 bits per heavy atom. The van der Waals surface area contributed by atoms with Gasteiger partial charge in [-0.3, -0.25) is 0 Å². The lowest BCUT2D eigenvalue weighted by Crippen LogP contribution is -2.34. The van der Waals surface area contributed by atoms with Gasteiger partial charge in [0.05, 0.1) is 5.54 Å². The first-order chi connectivity index (χ1) is 9.67. The number of nitrogens with two attached hydrogens (primary N) is 1. The molecule has 1 atom stereocenters. The maximum absolute atomic E-state index is 6.38. The average Bonchev–Trinajstić information content (AvgIpc) is 3.10. The Labute approximate surface area is 133 Å². The van der Waals surface area contributed by atoms with Crippen LogP contribution in [0.3, 0.4) is 0 Å². The smallest absolute Gasteiger partial charge is 0.226 e. The third kappa shape index (κ3) is 3.78. The molecule has 0 bridgehead atoms. The SMILES string of the molecule is CC(Cc1nc(C2(N)CCCC2)no1)C1CCCCC1.Cl. The minimum atomic E-state index is -0.324. The van der Waals surface area contributed by atoms with E-state index in [0.717, 1.165) is 36.9 Å². The summed E-state index contributed by atoms with van der Waals surface area (Å²) in [4.78, 5) is 4.60. The standard InChI is InChI=1S/C16H27N3O.ClH/c1-12(13-7-3-2-4-8-13)11-14-18-15(19-20-14)16(17)9-5-6-10-16;/h12-13H,2-11,17H2,1H3;1H. The lowest BCUT2D eigenvalue weighted by atomic mass is 9.79. The number of rotatable bonds is 4. The zero-order chi connectivity index (χ0) is 14.0. The van der Waals surface area contributed by atoms with Gasteiger partial charge in [0.15, 0.2) is 5.82 Å². The molecule has 1 aromatic heterocycles. The molecule has 1 heterocycles. The van der Waals surface area contributed by atoms with Gasteiger partial charge in [-0.25, -0.2) is 0 Å². The van der Waals surface area contributed by atoms with E-state index in [0.29, 0.717) is 5.92 Å². The molecule has 4 nitrogen and oxygen atoms in total. The minimum absolute atomic E-state index is 0. The first kappa shape index (κ1) is 16.8. The third-order valence-corrected chi connectivity index (χ3v) is 5.36. The van der Waals surface area contributed by atoms with E-state index >= 15 is 0 Å². The fraction of sp³-hybridized carbons (Fsp3) is 0.875. The van der Waals surface area contributed by atoms with E-state index in [1.807, 2.05) is 0 Å². The molecule has 0 aromatic carbocycles. The van der Waals surface area contributed by atoms with Crippen molar-refractivity contribution in [3.63, 3.8) is 0 Å². The molecule has 0 radical (unpaired) electrons. The van der Waals surface area contributed by atoms with Crippen LogP contribution in [-0.2, 0) is 12.0 Å². The van der Waals surface area contributed by atoms with E-state index < -0.39 is 0 Å². The molecular formula is C16H28ClN3O. The largest absolute Gasteiger partial charge is 0.339 e. The van der Waals surface area contributed by atoms with E-state index in [1.165, 1.54) is 44.9 Å². The number of halogens is 1. The monoisotopic (exact) mass is 313 g/mol. The Kier molecular flexibility index (Phi) is 5.67. The highest BCUT2D eigenvalue weighted by atomic mass is 35.5. The second-order valence-electron chi connectivity index (χ2n) is 6.95. The fourth-order valence-corrected chi connectivity index (χ4v) is 3.91. The highest BCUT2D eigenvalue weighted by Gasteiger charge is 2.36. The number of hydrogen-bond acceptors (Lipinski definition) is 4. The molecule has 2 aliphatic rings. The van der Waals surface area contributed by atoms with E-state index in [9.17, 15) is 0 Å². The van der Waals surface area contributed by atoms with E-state index in [2.05, 4.69) is 17.1 Å². The summed E-state index contributed by atoms with van der Waals surface area (Å²) in [5.41, 5.74) is 6.06. The van der Waals surface area contributed by atoms with Gasteiger partial charge in [-0.05, 0) is 24.7 Å². The Morgan fingerprint density at radius 3 is 2.52 bits per heavy atom. The fourth-order valence-electron chi connectivity index (χ4n) is 3.91. The van der Waals surface area contributed by atoms with Crippen molar-refractivity contribution >= 4 is 12.4 Å². The van der Waals surface area contributed by atoms with Gasteiger partial charge in [0, 0.05) is 6.42 Å². The highest BCUT2D eigenvalue weighted by Crippen LogP contribution is 2.35. The van der Waals surface area contributed by atoms with Crippen molar-refractivity contribution in [3.05, 3.63) is 11.7 Å². The molecule has 21 heavy (non-hydrogen) atoms. The molecule has 0 saturated heterocycles. The third-order valence-electron chi connectivity index (χ3n) is 5.36. The van der Waals surface area contributed by atoms with Gasteiger partial charge in [0.25, 0.3) is 0 Å². The first-order valence-corrected chi connectivity index (χ1v) is 8.29. The van der Waals surface area contributed by atoms with Crippen molar-refractivity contribution in [1.29, 1.82) is 0 Å². The van der Waals surface area contributed by atoms with Crippen molar-refractivity contribution in [1.82, 2.24) is 10.1 Å². The number of nitrogens with zero attached hydrogens (tertiary/aromatic N) is 2. The van der Waals surface area contributed by atoms with Crippen LogP contribution >= 0.6 is 12.4 Å². The molecule has 2 fully saturated rings. The molecular weight excluding hydrogens is 286 g/mol. The first-order valence-electron chi connectivity index (χ1n) is 8.29. The molecule has 120 valence electrons. The second-order valence-corrected chi connectivity index (χ2v) is 6.95. The quantitative estimate of drug-likeness (QED) is 0.913. The van der Waals surface area contributed by atoms with Gasteiger partial charge in [0.2, 0.25) is 5.89 Å². The van der Waals surface area contributed by atoms with Crippen molar-refractivity contribution in [2.75, 3.05) is 0 Å². The van der Waals surface area contributed by atoms with Crippen LogP contribution in [0, 0.1) is 11.8 Å². The summed E-state index contributed by atoms with van der Waals surface area (Å²) >= 11 is 0. The van der Waals surface area contributed by atoms with E-state index in [4.69, 9.17) is 10.3 Å². The van der Waals surface area contributed by atoms with Crippen LogP contribution in [-0.4, -0.2) is 10.1 Å². The maximum Gasteiger partial charge on any atom is 0.226 e. The molecule has 2 aliphatic carbocycles. The summed E-state index contributed by atoms with van der Waals surface area (Å²) in [5.74, 6) is 2.99. The molecule has 2 saturated carbocycles. The molecule has 2 N–H and O–H groups in total. The van der Waals surface area contributed by atoms with Crippen LogP contribution in [0.15, 0.2) is 4.52 Å².